The molecule has 0 fully saturated rings. The summed E-state index contributed by atoms with van der Waals surface area (Å²) in [6.07, 6.45) is 7.64. The molecule has 4 rings (SSSR count). The van der Waals surface area contributed by atoms with Crippen LogP contribution in [0, 0.1) is 0 Å². The largest absolute Gasteiger partial charge is 0.488 e. The number of hydrogen-bond donors (Lipinski definition) is 1. The maximum Gasteiger partial charge on any atom is 0.178 e. The van der Waals surface area contributed by atoms with Gasteiger partial charge < -0.3 is 19.2 Å². The predicted octanol–water partition coefficient (Wildman–Crippen LogP) is 9.69. The summed E-state index contributed by atoms with van der Waals surface area (Å²) in [6.45, 7) is 12.7. The molecular weight excluding hydrogens is 538 g/mol. The minimum atomic E-state index is -0.117. The lowest BCUT2D eigenvalue weighted by molar-refractivity contribution is 0.0787. The van der Waals surface area contributed by atoms with Gasteiger partial charge in [0.25, 0.3) is 0 Å². The summed E-state index contributed by atoms with van der Waals surface area (Å²) in [7, 11) is 1.64. The van der Waals surface area contributed by atoms with Crippen molar-refractivity contribution in [1.82, 2.24) is 15.0 Å². The molecule has 41 heavy (non-hydrogen) atoms. The molecule has 2 heterocycles. The molecule has 0 radical (unpaired) electrons. The summed E-state index contributed by atoms with van der Waals surface area (Å²) >= 11 is 6.37. The Morgan fingerprint density at radius 2 is 1.63 bits per heavy atom. The third kappa shape index (κ3) is 10.8. The number of H-pyrrole nitrogens is 1. The molecule has 0 amide bonds. The summed E-state index contributed by atoms with van der Waals surface area (Å²) in [5.41, 5.74) is 2.74. The number of hydrogen-bond acceptors (Lipinski definition) is 6. The Balaban J connectivity index is 0.000000653. The fourth-order valence-corrected chi connectivity index (χ4v) is 3.58. The van der Waals surface area contributed by atoms with Crippen molar-refractivity contribution in [2.45, 2.75) is 79.8 Å². The van der Waals surface area contributed by atoms with E-state index in [-0.39, 0.29) is 11.9 Å². The lowest BCUT2D eigenvalue weighted by Gasteiger charge is -2.18. The fourth-order valence-electron chi connectivity index (χ4n) is 3.36. The number of nitrogens with one attached hydrogen (secondary N) is 1. The van der Waals surface area contributed by atoms with Crippen LogP contribution in [0.1, 0.15) is 84.0 Å². The third-order valence-electron chi connectivity index (χ3n) is 6.09. The molecule has 1 atom stereocenters. The van der Waals surface area contributed by atoms with Gasteiger partial charge in [-0.1, -0.05) is 71.9 Å². The molecule has 2 aromatic carbocycles. The average molecular weight is 582 g/mol. The Morgan fingerprint density at radius 3 is 2.20 bits per heavy atom. The van der Waals surface area contributed by atoms with E-state index in [1.807, 2.05) is 31.2 Å². The summed E-state index contributed by atoms with van der Waals surface area (Å²) in [5, 5.41) is 0.342. The Kier molecular flexibility index (Phi) is 14.9. The summed E-state index contributed by atoms with van der Waals surface area (Å²) in [5.74, 6) is 2.12. The first-order valence-electron chi connectivity index (χ1n) is 14.4. The number of rotatable bonds is 11. The molecule has 0 saturated heterocycles. The Bertz CT molecular complexity index is 1310. The summed E-state index contributed by atoms with van der Waals surface area (Å²) in [6, 6.07) is 14.2. The summed E-state index contributed by atoms with van der Waals surface area (Å²) < 4.78 is 17.5. The number of carbonyl (C=O) groups excluding carboxylic acids is 1. The topological polar surface area (TPSA) is 86.3 Å². The van der Waals surface area contributed by atoms with Gasteiger partial charge in [-0.25, -0.2) is 9.97 Å². The van der Waals surface area contributed by atoms with Gasteiger partial charge in [0.15, 0.2) is 11.4 Å². The van der Waals surface area contributed by atoms with Gasteiger partial charge in [0.05, 0.1) is 17.1 Å². The van der Waals surface area contributed by atoms with Crippen molar-refractivity contribution in [3.05, 3.63) is 65.3 Å². The highest BCUT2D eigenvalue weighted by atomic mass is 35.5. The zero-order chi connectivity index (χ0) is 30.2. The van der Waals surface area contributed by atoms with Crippen LogP contribution in [0.25, 0.3) is 22.6 Å². The number of pyridine rings is 1. The van der Waals surface area contributed by atoms with E-state index in [4.69, 9.17) is 25.8 Å². The van der Waals surface area contributed by atoms with E-state index in [0.717, 1.165) is 17.5 Å². The number of ether oxygens (including phenoxy) is 3. The van der Waals surface area contributed by atoms with E-state index in [0.29, 0.717) is 45.9 Å². The first-order valence-corrected chi connectivity index (χ1v) is 14.8. The number of halogens is 1. The lowest BCUT2D eigenvalue weighted by Crippen LogP contribution is -2.21. The molecule has 0 bridgehead atoms. The van der Waals surface area contributed by atoms with Crippen LogP contribution in [0.15, 0.2) is 54.7 Å². The Hall–Kier alpha value is -3.42. The third-order valence-corrected chi connectivity index (χ3v) is 6.38. The van der Waals surface area contributed by atoms with E-state index in [2.05, 4.69) is 42.6 Å². The number of Topliss-reactive ketones (excluding diaryl/α,β-unsaturated/α-hetero) is 1. The lowest BCUT2D eigenvalue weighted by atomic mass is 10.1. The molecule has 1 unspecified atom stereocenters. The molecule has 0 saturated carbocycles. The summed E-state index contributed by atoms with van der Waals surface area (Å²) in [4.78, 5) is 23.8. The molecule has 8 heteroatoms. The number of benzene rings is 2. The van der Waals surface area contributed by atoms with Gasteiger partial charge in [-0.2, -0.15) is 0 Å². The van der Waals surface area contributed by atoms with Crippen molar-refractivity contribution < 1.29 is 19.0 Å². The average Bonchev–Trinajstić information content (AvgIpc) is 3.42. The van der Waals surface area contributed by atoms with Crippen molar-refractivity contribution in [2.75, 3.05) is 13.7 Å². The van der Waals surface area contributed by atoms with Crippen molar-refractivity contribution in [2.24, 2.45) is 0 Å². The number of unbranched alkanes of at least 4 members (excludes halogenated alkanes) is 2. The second kappa shape index (κ2) is 18.1. The van der Waals surface area contributed by atoms with Gasteiger partial charge in [-0.05, 0) is 55.8 Å². The van der Waals surface area contributed by atoms with Gasteiger partial charge in [0.1, 0.15) is 29.2 Å². The van der Waals surface area contributed by atoms with Crippen LogP contribution in [0.5, 0.6) is 17.2 Å². The number of fused-ring (bicyclic) bond motifs is 1. The normalized spacial score (nSPS) is 11.1. The molecule has 222 valence electrons. The van der Waals surface area contributed by atoms with Crippen LogP contribution in [0.3, 0.4) is 0 Å². The smallest absolute Gasteiger partial charge is 0.178 e. The SMILES string of the molecule is CCC(COC)Oc1cc(Oc2ccc(C(C)=O)cc2Cl)cc(-c2nc3ncccc3[nH]2)c1.CCCC.CCCC. The minimum absolute atomic E-state index is 0.0663. The van der Waals surface area contributed by atoms with Crippen molar-refractivity contribution in [3.8, 4) is 28.6 Å². The van der Waals surface area contributed by atoms with E-state index < -0.39 is 0 Å². The molecule has 0 aliphatic heterocycles. The van der Waals surface area contributed by atoms with Crippen molar-refractivity contribution >= 4 is 28.5 Å². The zero-order valence-electron chi connectivity index (χ0n) is 25.4. The quantitative estimate of drug-likeness (QED) is 0.177. The Labute approximate surface area is 249 Å². The maximum atomic E-state index is 11.6. The molecule has 4 aromatic rings. The monoisotopic (exact) mass is 581 g/mol. The van der Waals surface area contributed by atoms with Crippen molar-refractivity contribution in [1.29, 1.82) is 0 Å². The number of imidazole rings is 1. The number of aromatic nitrogens is 3. The van der Waals surface area contributed by atoms with Crippen molar-refractivity contribution in [3.63, 3.8) is 0 Å². The van der Waals surface area contributed by atoms with Gasteiger partial charge in [0.2, 0.25) is 0 Å². The number of carbonyl (C=O) groups is 1. The van der Waals surface area contributed by atoms with E-state index in [9.17, 15) is 4.79 Å². The van der Waals surface area contributed by atoms with Gasteiger partial charge >= 0.3 is 0 Å². The Morgan fingerprint density at radius 1 is 0.951 bits per heavy atom. The van der Waals surface area contributed by atoms with E-state index >= 15 is 0 Å². The zero-order valence-corrected chi connectivity index (χ0v) is 26.2. The first kappa shape index (κ1) is 33.8. The van der Waals surface area contributed by atoms with Crippen LogP contribution in [0.2, 0.25) is 5.02 Å². The number of methoxy groups -OCH3 is 1. The number of ketones is 1. The molecule has 1 N–H and O–H groups in total. The van der Waals surface area contributed by atoms with Gasteiger partial charge in [-0.15, -0.1) is 0 Å². The van der Waals surface area contributed by atoms with Crippen LogP contribution in [0.4, 0.5) is 0 Å². The molecule has 0 aliphatic carbocycles. The molecular formula is C33H44ClN3O4. The first-order chi connectivity index (χ1) is 19.8. The predicted molar refractivity (Wildman–Crippen MR) is 169 cm³/mol. The molecule has 0 spiro atoms. The van der Waals surface area contributed by atoms with E-state index in [1.165, 1.54) is 32.6 Å². The minimum Gasteiger partial charge on any atom is -0.488 e. The highest BCUT2D eigenvalue weighted by Crippen LogP contribution is 2.35. The van der Waals surface area contributed by atoms with Gasteiger partial charge in [-0.3, -0.25) is 4.79 Å². The maximum absolute atomic E-state index is 11.6. The molecule has 0 aliphatic rings. The van der Waals surface area contributed by atoms with Crippen LogP contribution >= 0.6 is 11.6 Å². The standard InChI is InChI=1S/C25H24ClN3O4.2C4H10/c1-4-18(14-31-3)32-19-10-17(24-28-22-6-5-9-27-25(22)29-24)11-20(13-19)33-23-8-7-16(15(2)30)12-21(23)26;2*1-3-4-2/h5-13,18H,4,14H2,1-3H3,(H,27,28,29);2*3-4H2,1-2H3. The second-order valence-corrected chi connectivity index (χ2v) is 9.97. The van der Waals surface area contributed by atoms with Crippen LogP contribution in [-0.2, 0) is 4.74 Å². The molecule has 2 aromatic heterocycles. The van der Waals surface area contributed by atoms with Crippen LogP contribution in [-0.4, -0.2) is 40.6 Å². The van der Waals surface area contributed by atoms with Gasteiger partial charge in [0, 0.05) is 30.5 Å². The molecule has 7 nitrogen and oxygen atoms in total. The second-order valence-electron chi connectivity index (χ2n) is 9.56. The van der Waals surface area contributed by atoms with E-state index in [1.54, 1.807) is 37.6 Å². The highest BCUT2D eigenvalue weighted by Gasteiger charge is 2.15. The highest BCUT2D eigenvalue weighted by molar-refractivity contribution is 6.32. The fraction of sp³-hybridized carbons (Fsp3) is 0.424. The number of aromatic amines is 1. The van der Waals surface area contributed by atoms with Crippen LogP contribution < -0.4 is 9.47 Å². The number of nitrogens with zero attached hydrogens (tertiary/aromatic N) is 2.